The molecule has 0 unspecified atom stereocenters. The number of benzene rings is 1. The fourth-order valence-electron chi connectivity index (χ4n) is 3.25. The van der Waals surface area contributed by atoms with Gasteiger partial charge in [-0.05, 0) is 37.0 Å². The van der Waals surface area contributed by atoms with Crippen molar-refractivity contribution in [3.8, 4) is 0 Å². The second-order valence-corrected chi connectivity index (χ2v) is 7.90. The third-order valence-corrected chi connectivity index (χ3v) is 5.75. The summed E-state index contributed by atoms with van der Waals surface area (Å²) in [6.45, 7) is 3.90. The number of H-pyrrole nitrogens is 1. The van der Waals surface area contributed by atoms with E-state index < -0.39 is 6.03 Å². The maximum absolute atomic E-state index is 12.0. The van der Waals surface area contributed by atoms with E-state index in [4.69, 9.17) is 0 Å². The van der Waals surface area contributed by atoms with Crippen molar-refractivity contribution >= 4 is 29.4 Å². The molecule has 7 nitrogen and oxygen atoms in total. The first-order chi connectivity index (χ1) is 13.0. The Bertz CT molecular complexity index is 814. The topological polar surface area (TPSA) is 99.8 Å². The van der Waals surface area contributed by atoms with Gasteiger partial charge in [0.1, 0.15) is 5.82 Å². The average molecular weight is 388 g/mol. The summed E-state index contributed by atoms with van der Waals surface area (Å²) in [5.41, 5.74) is 2.75. The van der Waals surface area contributed by atoms with E-state index in [0.29, 0.717) is 16.8 Å². The second kappa shape index (κ2) is 9.03. The minimum absolute atomic E-state index is 0.0843. The van der Waals surface area contributed by atoms with Crippen LogP contribution in [0.25, 0.3) is 0 Å². The standard InChI is InChI=1S/C19H25N5O2S/c1-12-6-5-9-15(13(12)2)20-18(26)22-17(25)11-27-19-21-16(23-24-19)10-14-7-3-4-8-14/h5-6,9,14H,3-4,7-8,10-11H2,1-2H3,(H,21,23,24)(H2,20,22,25,26). The number of urea groups is 1. The molecule has 1 aromatic heterocycles. The molecule has 3 amide bonds. The van der Waals surface area contributed by atoms with Crippen LogP contribution in [-0.4, -0.2) is 32.9 Å². The van der Waals surface area contributed by atoms with Crippen molar-refractivity contribution in [2.45, 2.75) is 51.1 Å². The lowest BCUT2D eigenvalue weighted by Gasteiger charge is -2.10. The Balaban J connectivity index is 1.43. The minimum Gasteiger partial charge on any atom is -0.307 e. The van der Waals surface area contributed by atoms with Gasteiger partial charge in [-0.1, -0.05) is 49.6 Å². The van der Waals surface area contributed by atoms with Crippen molar-refractivity contribution in [1.82, 2.24) is 20.5 Å². The van der Waals surface area contributed by atoms with Crippen molar-refractivity contribution in [2.75, 3.05) is 11.1 Å². The highest BCUT2D eigenvalue weighted by Gasteiger charge is 2.18. The molecule has 1 aliphatic carbocycles. The number of imide groups is 1. The zero-order valence-electron chi connectivity index (χ0n) is 15.7. The quantitative estimate of drug-likeness (QED) is 0.658. The molecule has 0 spiro atoms. The molecule has 1 aliphatic rings. The highest BCUT2D eigenvalue weighted by Crippen LogP contribution is 2.27. The van der Waals surface area contributed by atoms with Gasteiger partial charge in [-0.15, -0.1) is 5.10 Å². The van der Waals surface area contributed by atoms with Crippen molar-refractivity contribution in [1.29, 1.82) is 0 Å². The van der Waals surface area contributed by atoms with E-state index in [1.807, 2.05) is 26.0 Å². The molecule has 0 atom stereocenters. The lowest BCUT2D eigenvalue weighted by atomic mass is 10.0. The Kier molecular flexibility index (Phi) is 6.49. The van der Waals surface area contributed by atoms with Crippen molar-refractivity contribution in [2.24, 2.45) is 5.92 Å². The van der Waals surface area contributed by atoms with Gasteiger partial charge in [0.25, 0.3) is 0 Å². The van der Waals surface area contributed by atoms with E-state index in [9.17, 15) is 9.59 Å². The molecule has 0 radical (unpaired) electrons. The van der Waals surface area contributed by atoms with Gasteiger partial charge in [-0.3, -0.25) is 15.2 Å². The molecule has 3 N–H and O–H groups in total. The first-order valence-electron chi connectivity index (χ1n) is 9.22. The van der Waals surface area contributed by atoms with Crippen molar-refractivity contribution < 1.29 is 9.59 Å². The van der Waals surface area contributed by atoms with Crippen molar-refractivity contribution in [3.63, 3.8) is 0 Å². The number of nitrogens with one attached hydrogen (secondary N) is 3. The predicted octanol–water partition coefficient (Wildman–Crippen LogP) is 3.59. The number of aryl methyl sites for hydroxylation is 1. The maximum atomic E-state index is 12.0. The van der Waals surface area contributed by atoms with Gasteiger partial charge in [0.15, 0.2) is 0 Å². The number of carbonyl (C=O) groups is 2. The summed E-state index contributed by atoms with van der Waals surface area (Å²) in [5, 5.41) is 12.7. The number of rotatable bonds is 6. The molecule has 1 saturated carbocycles. The zero-order valence-corrected chi connectivity index (χ0v) is 16.5. The zero-order chi connectivity index (χ0) is 19.2. The summed E-state index contributed by atoms with van der Waals surface area (Å²) in [7, 11) is 0. The van der Waals surface area contributed by atoms with Gasteiger partial charge in [0.05, 0.1) is 5.75 Å². The maximum Gasteiger partial charge on any atom is 0.325 e. The van der Waals surface area contributed by atoms with Crippen LogP contribution in [0.3, 0.4) is 0 Å². The van der Waals surface area contributed by atoms with E-state index in [0.717, 1.165) is 23.4 Å². The third-order valence-electron chi connectivity index (χ3n) is 4.91. The summed E-state index contributed by atoms with van der Waals surface area (Å²) in [6, 6.07) is 5.10. The van der Waals surface area contributed by atoms with Crippen LogP contribution in [0.15, 0.2) is 23.4 Å². The summed E-state index contributed by atoms with van der Waals surface area (Å²) in [6.07, 6.45) is 6.01. The van der Waals surface area contributed by atoms with Crippen molar-refractivity contribution in [3.05, 3.63) is 35.2 Å². The number of nitrogens with zero attached hydrogens (tertiary/aromatic N) is 2. The number of carbonyl (C=O) groups excluding carboxylic acids is 2. The van der Waals surface area contributed by atoms with Crippen LogP contribution in [-0.2, 0) is 11.2 Å². The number of aromatic amines is 1. The van der Waals surface area contributed by atoms with E-state index in [1.165, 1.54) is 37.4 Å². The molecule has 2 aromatic rings. The number of amides is 3. The number of anilines is 1. The Morgan fingerprint density at radius 1 is 1.26 bits per heavy atom. The second-order valence-electron chi connectivity index (χ2n) is 6.96. The summed E-state index contributed by atoms with van der Waals surface area (Å²) in [4.78, 5) is 28.4. The lowest BCUT2D eigenvalue weighted by Crippen LogP contribution is -2.35. The summed E-state index contributed by atoms with van der Waals surface area (Å²) >= 11 is 1.22. The Morgan fingerprint density at radius 3 is 2.81 bits per heavy atom. The van der Waals surface area contributed by atoms with Crippen LogP contribution in [0.5, 0.6) is 0 Å². The fraction of sp³-hybridized carbons (Fsp3) is 0.474. The molecular formula is C19H25N5O2S. The molecule has 1 aromatic carbocycles. The van der Waals surface area contributed by atoms with E-state index in [2.05, 4.69) is 25.8 Å². The van der Waals surface area contributed by atoms with Gasteiger partial charge in [-0.25, -0.2) is 9.78 Å². The molecule has 3 rings (SSSR count). The van der Waals surface area contributed by atoms with Crippen LogP contribution in [0.1, 0.15) is 42.6 Å². The number of thioether (sulfide) groups is 1. The Morgan fingerprint density at radius 2 is 2.04 bits per heavy atom. The predicted molar refractivity (Wildman–Crippen MR) is 106 cm³/mol. The molecule has 144 valence electrons. The smallest absolute Gasteiger partial charge is 0.307 e. The molecular weight excluding hydrogens is 362 g/mol. The highest BCUT2D eigenvalue weighted by molar-refractivity contribution is 7.99. The van der Waals surface area contributed by atoms with Gasteiger partial charge >= 0.3 is 6.03 Å². The molecule has 0 saturated heterocycles. The Labute approximate surface area is 163 Å². The summed E-state index contributed by atoms with van der Waals surface area (Å²) in [5.74, 6) is 1.26. The highest BCUT2D eigenvalue weighted by atomic mass is 32.2. The summed E-state index contributed by atoms with van der Waals surface area (Å²) < 4.78 is 0. The molecule has 1 fully saturated rings. The monoisotopic (exact) mass is 387 g/mol. The average Bonchev–Trinajstić information content (AvgIpc) is 3.29. The van der Waals surface area contributed by atoms with Crippen LogP contribution in [0.2, 0.25) is 0 Å². The van der Waals surface area contributed by atoms with Gasteiger partial charge in [-0.2, -0.15) is 0 Å². The van der Waals surface area contributed by atoms with Gasteiger partial charge in [0, 0.05) is 12.1 Å². The normalized spacial score (nSPS) is 14.3. The first-order valence-corrected chi connectivity index (χ1v) is 10.2. The number of hydrogen-bond donors (Lipinski definition) is 3. The van der Waals surface area contributed by atoms with Crippen LogP contribution < -0.4 is 10.6 Å². The third kappa shape index (κ3) is 5.56. The largest absolute Gasteiger partial charge is 0.325 e. The lowest BCUT2D eigenvalue weighted by molar-refractivity contribution is -0.117. The van der Waals surface area contributed by atoms with E-state index >= 15 is 0 Å². The minimum atomic E-state index is -0.536. The van der Waals surface area contributed by atoms with E-state index in [-0.39, 0.29) is 11.7 Å². The molecule has 0 aliphatic heterocycles. The molecule has 0 bridgehead atoms. The number of hydrogen-bond acceptors (Lipinski definition) is 5. The molecule has 1 heterocycles. The van der Waals surface area contributed by atoms with Crippen LogP contribution in [0.4, 0.5) is 10.5 Å². The molecule has 8 heteroatoms. The van der Waals surface area contributed by atoms with E-state index in [1.54, 1.807) is 6.07 Å². The van der Waals surface area contributed by atoms with Gasteiger partial charge in [0.2, 0.25) is 11.1 Å². The SMILES string of the molecule is Cc1cccc(NC(=O)NC(=O)CSc2n[nH]c(CC3CCCC3)n2)c1C. The van der Waals surface area contributed by atoms with Crippen LogP contribution in [0, 0.1) is 19.8 Å². The first kappa shape index (κ1) is 19.4. The number of aromatic nitrogens is 3. The van der Waals surface area contributed by atoms with Crippen LogP contribution >= 0.6 is 11.8 Å². The molecule has 27 heavy (non-hydrogen) atoms. The Hall–Kier alpha value is -2.35. The fourth-order valence-corrected chi connectivity index (χ4v) is 3.87. The van der Waals surface area contributed by atoms with Gasteiger partial charge < -0.3 is 5.32 Å².